The van der Waals surface area contributed by atoms with Crippen molar-refractivity contribution in [3.63, 3.8) is 0 Å². The molecule has 1 aliphatic carbocycles. The summed E-state index contributed by atoms with van der Waals surface area (Å²) in [5, 5.41) is 3.65. The molecule has 4 aromatic carbocycles. The lowest BCUT2D eigenvalue weighted by Gasteiger charge is -2.25. The predicted octanol–water partition coefficient (Wildman–Crippen LogP) is 8.57. The summed E-state index contributed by atoms with van der Waals surface area (Å²) in [5.74, 6) is 1.00. The number of anilines is 2. The van der Waals surface area contributed by atoms with Crippen molar-refractivity contribution in [2.75, 3.05) is 19.5 Å². The maximum Gasteiger partial charge on any atom is 0.210 e. The Morgan fingerprint density at radius 3 is 1.92 bits per heavy atom. The molecule has 0 heterocycles. The molecule has 5 rings (SSSR count). The monoisotopic (exact) mass is 718 g/mol. The smallest absolute Gasteiger partial charge is 0.210 e. The molecule has 0 saturated carbocycles. The van der Waals surface area contributed by atoms with Crippen molar-refractivity contribution in [3.05, 3.63) is 138 Å². The fourth-order valence-corrected chi connectivity index (χ4v) is 7.84. The molecule has 8 heteroatoms. The molecule has 0 radical (unpaired) electrons. The van der Waals surface area contributed by atoms with Gasteiger partial charge in [-0.1, -0.05) is 18.2 Å². The summed E-state index contributed by atoms with van der Waals surface area (Å²) >= 11 is 0. The van der Waals surface area contributed by atoms with Crippen molar-refractivity contribution in [1.82, 2.24) is 0 Å². The SMILES string of the molecule is COC1=CC(=[NH+]c2c(C)cc(C)c(C)c2C)C(C)=CC1=C(c1cc(C)c(Nc2c(C)cc(C)c(C)c2C)cc1OC)c1ccc(C)cc1S(=O)(=O)[O-]. The molecule has 2 N–H and O–H groups in total. The summed E-state index contributed by atoms with van der Waals surface area (Å²) in [5.41, 5.74) is 17.7. The Hall–Kier alpha value is -4.92. The Morgan fingerprint density at radius 1 is 0.673 bits per heavy atom. The van der Waals surface area contributed by atoms with Gasteiger partial charge >= 0.3 is 0 Å². The average Bonchev–Trinajstić information content (AvgIpc) is 3.08. The third kappa shape index (κ3) is 7.23. The lowest BCUT2D eigenvalue weighted by molar-refractivity contribution is -0.353. The second-order valence-corrected chi connectivity index (χ2v) is 15.4. The second kappa shape index (κ2) is 14.6. The molecule has 0 amide bonds. The van der Waals surface area contributed by atoms with Gasteiger partial charge in [0, 0.05) is 56.4 Å². The summed E-state index contributed by atoms with van der Waals surface area (Å²) in [7, 11) is -1.71. The van der Waals surface area contributed by atoms with Crippen LogP contribution < -0.4 is 15.0 Å². The molecule has 0 saturated heterocycles. The zero-order chi connectivity index (χ0) is 38.4. The van der Waals surface area contributed by atoms with Gasteiger partial charge in [0.2, 0.25) is 11.4 Å². The predicted molar refractivity (Wildman–Crippen MR) is 211 cm³/mol. The summed E-state index contributed by atoms with van der Waals surface area (Å²) in [6.45, 7) is 22.6. The van der Waals surface area contributed by atoms with Crippen LogP contribution >= 0.6 is 0 Å². The van der Waals surface area contributed by atoms with E-state index >= 15 is 0 Å². The fraction of sp³-hybridized carbons (Fsp3) is 0.295. The molecule has 0 fully saturated rings. The highest BCUT2D eigenvalue weighted by atomic mass is 32.2. The fourth-order valence-electron chi connectivity index (χ4n) is 7.07. The number of benzene rings is 4. The normalized spacial score (nSPS) is 15.0. The number of nitrogens with one attached hydrogen (secondary N) is 2. The molecule has 7 nitrogen and oxygen atoms in total. The Labute approximate surface area is 309 Å². The van der Waals surface area contributed by atoms with Gasteiger partial charge in [-0.15, -0.1) is 0 Å². The first kappa shape index (κ1) is 38.3. The topological polar surface area (TPSA) is 102 Å². The summed E-state index contributed by atoms with van der Waals surface area (Å²) in [6, 6.07) is 13.2. The largest absolute Gasteiger partial charge is 0.744 e. The molecule has 0 unspecified atom stereocenters. The van der Waals surface area contributed by atoms with Gasteiger partial charge in [0.1, 0.15) is 21.6 Å². The first-order valence-corrected chi connectivity index (χ1v) is 18.8. The van der Waals surface area contributed by atoms with E-state index in [9.17, 15) is 13.0 Å². The minimum absolute atomic E-state index is 0.263. The van der Waals surface area contributed by atoms with Crippen molar-refractivity contribution in [2.24, 2.45) is 0 Å². The van der Waals surface area contributed by atoms with Crippen molar-refractivity contribution in [3.8, 4) is 5.75 Å². The second-order valence-electron chi connectivity index (χ2n) is 14.1. The summed E-state index contributed by atoms with van der Waals surface area (Å²) in [6.07, 6.45) is 3.91. The van der Waals surface area contributed by atoms with E-state index in [0.717, 1.165) is 56.2 Å². The van der Waals surface area contributed by atoms with Gasteiger partial charge in [-0.05, 0) is 145 Å². The lowest BCUT2D eigenvalue weighted by Crippen LogP contribution is -2.67. The molecule has 0 spiro atoms. The lowest BCUT2D eigenvalue weighted by atomic mass is 9.86. The Kier molecular flexibility index (Phi) is 10.8. The molecule has 272 valence electrons. The van der Waals surface area contributed by atoms with Crippen LogP contribution in [0.4, 0.5) is 17.1 Å². The van der Waals surface area contributed by atoms with Gasteiger partial charge < -0.3 is 19.3 Å². The molecule has 1 aliphatic rings. The van der Waals surface area contributed by atoms with Crippen molar-refractivity contribution in [2.45, 2.75) is 81.1 Å². The molecule has 4 aromatic rings. The first-order valence-electron chi connectivity index (χ1n) is 17.4. The number of allylic oxidation sites excluding steroid dienone is 3. The van der Waals surface area contributed by atoms with Crippen LogP contribution in [0.2, 0.25) is 0 Å². The van der Waals surface area contributed by atoms with Gasteiger partial charge in [0.05, 0.1) is 25.2 Å². The van der Waals surface area contributed by atoms with Crippen molar-refractivity contribution in [1.29, 1.82) is 0 Å². The highest BCUT2D eigenvalue weighted by Gasteiger charge is 2.28. The van der Waals surface area contributed by atoms with Gasteiger partial charge in [-0.25, -0.2) is 13.4 Å². The van der Waals surface area contributed by atoms with Crippen LogP contribution in [0.15, 0.2) is 76.4 Å². The number of aryl methyl sites for hydroxylation is 6. The standard InChI is InChI=1S/C44H50N2O5S/c1-23-14-15-34(41(16-23)52(47,48)49)42(35-19-26(4)37(21-39(35)50-12)45-43-28(6)17-24(2)30(8)32(43)10)36-20-27(5)38(22-40(36)51-13)46-44-29(7)18-25(3)31(9)33(44)11/h14-22,45H,1-13H3,(H,47,48,49). The number of rotatable bonds is 8. The first-order chi connectivity index (χ1) is 24.4. The number of hydrogen-bond acceptors (Lipinski definition) is 6. The zero-order valence-electron chi connectivity index (χ0n) is 32.6. The molecular formula is C44H50N2O5S. The van der Waals surface area contributed by atoms with Crippen molar-refractivity contribution < 1.29 is 27.4 Å². The Bertz CT molecular complexity index is 2380. The van der Waals surface area contributed by atoms with Crippen LogP contribution in [0.1, 0.15) is 73.7 Å². The Balaban J connectivity index is 1.82. The molecule has 0 aromatic heterocycles. The maximum atomic E-state index is 12.9. The molecule has 0 atom stereocenters. The number of ether oxygens (including phenoxy) is 2. The van der Waals surface area contributed by atoms with Gasteiger partial charge in [-0.2, -0.15) is 0 Å². The molecular weight excluding hydrogens is 669 g/mol. The maximum absolute atomic E-state index is 12.9. The van der Waals surface area contributed by atoms with Crippen molar-refractivity contribution >= 4 is 38.5 Å². The van der Waals surface area contributed by atoms with Crippen LogP contribution in [0.3, 0.4) is 0 Å². The van der Waals surface area contributed by atoms with E-state index < -0.39 is 10.1 Å². The van der Waals surface area contributed by atoms with Crippen LogP contribution in [-0.2, 0) is 14.9 Å². The summed E-state index contributed by atoms with van der Waals surface area (Å²) in [4.78, 5) is 3.34. The van der Waals surface area contributed by atoms with Crippen LogP contribution in [0.25, 0.3) is 5.57 Å². The molecule has 0 aliphatic heterocycles. The minimum Gasteiger partial charge on any atom is -0.744 e. The molecule has 0 bridgehead atoms. The highest BCUT2D eigenvalue weighted by Crippen LogP contribution is 2.43. The quantitative estimate of drug-likeness (QED) is 0.177. The van der Waals surface area contributed by atoms with E-state index in [1.165, 1.54) is 28.3 Å². The average molecular weight is 719 g/mol. The summed E-state index contributed by atoms with van der Waals surface area (Å²) < 4.78 is 50.9. The third-order valence-corrected chi connectivity index (χ3v) is 11.4. The van der Waals surface area contributed by atoms with E-state index in [1.807, 2.05) is 44.2 Å². The van der Waals surface area contributed by atoms with Gasteiger partial charge in [0.15, 0.2) is 0 Å². The van der Waals surface area contributed by atoms with Crippen LogP contribution in [-0.4, -0.2) is 32.9 Å². The van der Waals surface area contributed by atoms with E-state index in [2.05, 4.69) is 77.8 Å². The van der Waals surface area contributed by atoms with E-state index in [0.29, 0.717) is 33.8 Å². The Morgan fingerprint density at radius 2 is 1.31 bits per heavy atom. The minimum atomic E-state index is -4.89. The van der Waals surface area contributed by atoms with E-state index in [-0.39, 0.29) is 10.5 Å². The van der Waals surface area contributed by atoms with Gasteiger partial charge in [0.25, 0.3) is 0 Å². The number of hydrogen-bond donors (Lipinski definition) is 2. The van der Waals surface area contributed by atoms with Crippen LogP contribution in [0, 0.1) is 69.2 Å². The van der Waals surface area contributed by atoms with E-state index in [4.69, 9.17) is 9.47 Å². The van der Waals surface area contributed by atoms with E-state index in [1.54, 1.807) is 27.2 Å². The number of methoxy groups -OCH3 is 2. The zero-order valence-corrected chi connectivity index (χ0v) is 33.5. The third-order valence-electron chi connectivity index (χ3n) is 10.5. The molecule has 52 heavy (non-hydrogen) atoms. The van der Waals surface area contributed by atoms with Gasteiger partial charge in [-0.3, -0.25) is 0 Å². The highest BCUT2D eigenvalue weighted by molar-refractivity contribution is 7.85. The van der Waals surface area contributed by atoms with Crippen LogP contribution in [0.5, 0.6) is 5.75 Å².